The fourth-order valence-corrected chi connectivity index (χ4v) is 2.24. The molecule has 0 fully saturated rings. The number of hydrogen-bond acceptors (Lipinski definition) is 1. The minimum atomic E-state index is -0.347. The van der Waals surface area contributed by atoms with E-state index in [-0.39, 0.29) is 18.0 Å². The van der Waals surface area contributed by atoms with E-state index in [9.17, 15) is 9.18 Å². The molecule has 0 heterocycles. The molecule has 0 saturated carbocycles. The molecular weight excluding hydrogens is 295 g/mol. The SMILES string of the molecule is Cc1ccccc1C(=O)Cc1cc(Br)ccc1F. The average molecular weight is 307 g/mol. The zero-order valence-corrected chi connectivity index (χ0v) is 11.5. The van der Waals surface area contributed by atoms with Gasteiger partial charge in [-0.3, -0.25) is 4.79 Å². The highest BCUT2D eigenvalue weighted by atomic mass is 79.9. The molecule has 0 saturated heterocycles. The predicted molar refractivity (Wildman–Crippen MR) is 73.3 cm³/mol. The van der Waals surface area contributed by atoms with Crippen molar-refractivity contribution < 1.29 is 9.18 Å². The van der Waals surface area contributed by atoms with E-state index in [0.29, 0.717) is 11.1 Å². The second-order valence-electron chi connectivity index (χ2n) is 4.15. The predicted octanol–water partition coefficient (Wildman–Crippen LogP) is 4.32. The summed E-state index contributed by atoms with van der Waals surface area (Å²) in [7, 11) is 0. The van der Waals surface area contributed by atoms with E-state index in [0.717, 1.165) is 10.0 Å². The van der Waals surface area contributed by atoms with Gasteiger partial charge in [-0.15, -0.1) is 0 Å². The van der Waals surface area contributed by atoms with Crippen LogP contribution in [-0.2, 0) is 6.42 Å². The lowest BCUT2D eigenvalue weighted by Gasteiger charge is -2.06. The zero-order chi connectivity index (χ0) is 13.1. The Bertz CT molecular complexity index is 593. The molecule has 92 valence electrons. The Morgan fingerprint density at radius 2 is 1.94 bits per heavy atom. The Morgan fingerprint density at radius 3 is 2.67 bits per heavy atom. The minimum Gasteiger partial charge on any atom is -0.294 e. The molecule has 3 heteroatoms. The summed E-state index contributed by atoms with van der Waals surface area (Å²) in [5, 5.41) is 0. The molecule has 0 aliphatic heterocycles. The summed E-state index contributed by atoms with van der Waals surface area (Å²) < 4.78 is 14.3. The quantitative estimate of drug-likeness (QED) is 0.772. The summed E-state index contributed by atoms with van der Waals surface area (Å²) in [6.07, 6.45) is 0.0795. The summed E-state index contributed by atoms with van der Waals surface area (Å²) >= 11 is 3.28. The number of aryl methyl sites for hydroxylation is 1. The van der Waals surface area contributed by atoms with Gasteiger partial charge >= 0.3 is 0 Å². The van der Waals surface area contributed by atoms with Gasteiger partial charge in [-0.2, -0.15) is 0 Å². The van der Waals surface area contributed by atoms with Crippen molar-refractivity contribution in [2.24, 2.45) is 0 Å². The highest BCUT2D eigenvalue weighted by molar-refractivity contribution is 9.10. The van der Waals surface area contributed by atoms with Gasteiger partial charge in [0, 0.05) is 16.5 Å². The first-order valence-corrected chi connectivity index (χ1v) is 6.40. The van der Waals surface area contributed by atoms with Gasteiger partial charge in [0.2, 0.25) is 0 Å². The van der Waals surface area contributed by atoms with Crippen LogP contribution in [0.25, 0.3) is 0 Å². The second-order valence-corrected chi connectivity index (χ2v) is 5.07. The van der Waals surface area contributed by atoms with Gasteiger partial charge in [-0.25, -0.2) is 4.39 Å². The molecule has 18 heavy (non-hydrogen) atoms. The van der Waals surface area contributed by atoms with Crippen molar-refractivity contribution in [3.05, 3.63) is 69.4 Å². The molecule has 0 amide bonds. The number of halogens is 2. The smallest absolute Gasteiger partial charge is 0.167 e. The molecule has 0 N–H and O–H groups in total. The van der Waals surface area contributed by atoms with Crippen LogP contribution in [0, 0.1) is 12.7 Å². The molecule has 0 bridgehead atoms. The van der Waals surface area contributed by atoms with Gasteiger partial charge in [0.25, 0.3) is 0 Å². The Morgan fingerprint density at radius 1 is 1.22 bits per heavy atom. The van der Waals surface area contributed by atoms with Crippen molar-refractivity contribution in [3.63, 3.8) is 0 Å². The molecule has 0 aliphatic carbocycles. The van der Waals surface area contributed by atoms with E-state index >= 15 is 0 Å². The maximum Gasteiger partial charge on any atom is 0.167 e. The van der Waals surface area contributed by atoms with Crippen molar-refractivity contribution in [1.82, 2.24) is 0 Å². The van der Waals surface area contributed by atoms with E-state index in [4.69, 9.17) is 0 Å². The van der Waals surface area contributed by atoms with Crippen molar-refractivity contribution in [1.29, 1.82) is 0 Å². The van der Waals surface area contributed by atoms with E-state index in [1.165, 1.54) is 6.07 Å². The summed E-state index contributed by atoms with van der Waals surface area (Å²) in [5.41, 5.74) is 1.98. The molecule has 0 radical (unpaired) electrons. The van der Waals surface area contributed by atoms with Gasteiger partial charge in [-0.05, 0) is 36.2 Å². The average Bonchev–Trinajstić information content (AvgIpc) is 2.34. The normalized spacial score (nSPS) is 10.4. The summed E-state index contributed by atoms with van der Waals surface area (Å²) in [4.78, 5) is 12.1. The first-order chi connectivity index (χ1) is 8.58. The summed E-state index contributed by atoms with van der Waals surface area (Å²) in [5.74, 6) is -0.412. The standard InChI is InChI=1S/C15H12BrFO/c1-10-4-2-3-5-13(10)15(18)9-11-8-12(16)6-7-14(11)17/h2-8H,9H2,1H3. The third kappa shape index (κ3) is 2.85. The third-order valence-electron chi connectivity index (χ3n) is 2.80. The molecule has 0 unspecified atom stereocenters. The van der Waals surface area contributed by atoms with Crippen LogP contribution in [0.1, 0.15) is 21.5 Å². The molecule has 2 rings (SSSR count). The molecule has 0 spiro atoms. The largest absolute Gasteiger partial charge is 0.294 e. The second kappa shape index (κ2) is 5.44. The number of carbonyl (C=O) groups excluding carboxylic acids is 1. The number of carbonyl (C=O) groups is 1. The highest BCUT2D eigenvalue weighted by Crippen LogP contribution is 2.18. The Balaban J connectivity index is 2.27. The summed E-state index contributed by atoms with van der Waals surface area (Å²) in [6.45, 7) is 1.88. The van der Waals surface area contributed by atoms with E-state index in [1.807, 2.05) is 25.1 Å². The van der Waals surface area contributed by atoms with Crippen LogP contribution >= 0.6 is 15.9 Å². The maximum absolute atomic E-state index is 13.6. The number of rotatable bonds is 3. The summed E-state index contributed by atoms with van der Waals surface area (Å²) in [6, 6.07) is 12.0. The van der Waals surface area contributed by atoms with Gasteiger partial charge in [0.05, 0.1) is 0 Å². The van der Waals surface area contributed by atoms with Crippen molar-refractivity contribution in [3.8, 4) is 0 Å². The van der Waals surface area contributed by atoms with Crippen LogP contribution in [0.15, 0.2) is 46.9 Å². The lowest BCUT2D eigenvalue weighted by Crippen LogP contribution is -2.07. The lowest BCUT2D eigenvalue weighted by molar-refractivity contribution is 0.0991. The van der Waals surface area contributed by atoms with Crippen LogP contribution in [0.4, 0.5) is 4.39 Å². The molecule has 2 aromatic rings. The van der Waals surface area contributed by atoms with Crippen LogP contribution < -0.4 is 0 Å². The monoisotopic (exact) mass is 306 g/mol. The van der Waals surface area contributed by atoms with Crippen molar-refractivity contribution >= 4 is 21.7 Å². The molecule has 1 nitrogen and oxygen atoms in total. The highest BCUT2D eigenvalue weighted by Gasteiger charge is 2.12. The Kier molecular flexibility index (Phi) is 3.92. The van der Waals surface area contributed by atoms with Gasteiger partial charge in [0.1, 0.15) is 5.82 Å². The van der Waals surface area contributed by atoms with Gasteiger partial charge in [0.15, 0.2) is 5.78 Å². The van der Waals surface area contributed by atoms with Crippen LogP contribution in [0.5, 0.6) is 0 Å². The number of hydrogen-bond donors (Lipinski definition) is 0. The van der Waals surface area contributed by atoms with Gasteiger partial charge in [-0.1, -0.05) is 40.2 Å². The fourth-order valence-electron chi connectivity index (χ4n) is 1.83. The van der Waals surface area contributed by atoms with Crippen LogP contribution in [0.2, 0.25) is 0 Å². The Hall–Kier alpha value is -1.48. The number of ketones is 1. The minimum absolute atomic E-state index is 0.0647. The first-order valence-electron chi connectivity index (χ1n) is 5.60. The lowest BCUT2D eigenvalue weighted by atomic mass is 9.99. The van der Waals surface area contributed by atoms with E-state index < -0.39 is 0 Å². The molecular formula is C15H12BrFO. The first kappa shape index (κ1) is 13.0. The Labute approximate surface area is 114 Å². The molecule has 0 aliphatic rings. The van der Waals surface area contributed by atoms with E-state index in [2.05, 4.69) is 15.9 Å². The number of benzene rings is 2. The van der Waals surface area contributed by atoms with Crippen LogP contribution in [0.3, 0.4) is 0 Å². The topological polar surface area (TPSA) is 17.1 Å². The maximum atomic E-state index is 13.6. The molecule has 2 aromatic carbocycles. The van der Waals surface area contributed by atoms with E-state index in [1.54, 1.807) is 18.2 Å². The van der Waals surface area contributed by atoms with Gasteiger partial charge < -0.3 is 0 Å². The third-order valence-corrected chi connectivity index (χ3v) is 3.30. The van der Waals surface area contributed by atoms with Crippen LogP contribution in [-0.4, -0.2) is 5.78 Å². The number of Topliss-reactive ketones (excluding diaryl/α,β-unsaturated/α-hetero) is 1. The molecule has 0 aromatic heterocycles. The van der Waals surface area contributed by atoms with Crippen molar-refractivity contribution in [2.75, 3.05) is 0 Å². The zero-order valence-electron chi connectivity index (χ0n) is 9.91. The fraction of sp³-hybridized carbons (Fsp3) is 0.133. The van der Waals surface area contributed by atoms with Crippen molar-refractivity contribution in [2.45, 2.75) is 13.3 Å². The molecule has 0 atom stereocenters.